The first-order valence-corrected chi connectivity index (χ1v) is 5.85. The minimum absolute atomic E-state index is 0.242. The van der Waals surface area contributed by atoms with Crippen LogP contribution in [0.5, 0.6) is 11.5 Å². The summed E-state index contributed by atoms with van der Waals surface area (Å²) in [6.45, 7) is 3.44. The first-order chi connectivity index (χ1) is 9.06. The van der Waals surface area contributed by atoms with E-state index in [-0.39, 0.29) is 6.61 Å². The monoisotopic (exact) mass is 267 g/mol. The molecule has 0 saturated carbocycles. The van der Waals surface area contributed by atoms with Gasteiger partial charge in [-0.25, -0.2) is 9.59 Å². The largest absolute Gasteiger partial charge is 0.497 e. The number of benzene rings is 1. The number of nitrogens with one attached hydrogen (secondary N) is 1. The molecule has 0 heterocycles. The Bertz CT molecular complexity index is 429. The molecule has 1 aromatic carbocycles. The van der Waals surface area contributed by atoms with Crippen LogP contribution in [0, 0.1) is 0 Å². The number of alkyl carbamates (subject to hydrolysis) is 1. The van der Waals surface area contributed by atoms with Crippen molar-refractivity contribution in [2.75, 3.05) is 13.7 Å². The van der Waals surface area contributed by atoms with Gasteiger partial charge in [0.2, 0.25) is 0 Å². The second-order valence-electron chi connectivity index (χ2n) is 3.68. The molecule has 1 amide bonds. The minimum atomic E-state index is -0.791. The number of hydrogen-bond donors (Lipinski definition) is 1. The fraction of sp³-hybridized carbons (Fsp3) is 0.385. The van der Waals surface area contributed by atoms with Crippen molar-refractivity contribution < 1.29 is 23.8 Å². The second-order valence-corrected chi connectivity index (χ2v) is 3.68. The van der Waals surface area contributed by atoms with E-state index < -0.39 is 18.1 Å². The molecule has 0 unspecified atom stereocenters. The number of carbonyl (C=O) groups is 2. The summed E-state index contributed by atoms with van der Waals surface area (Å²) in [5.74, 6) is 0.471. The van der Waals surface area contributed by atoms with Crippen LogP contribution in [0.3, 0.4) is 0 Å². The number of carbonyl (C=O) groups excluding carboxylic acids is 2. The molecule has 0 aliphatic rings. The summed E-state index contributed by atoms with van der Waals surface area (Å²) < 4.78 is 14.7. The lowest BCUT2D eigenvalue weighted by Gasteiger charge is -2.12. The third-order valence-electron chi connectivity index (χ3n) is 2.24. The van der Waals surface area contributed by atoms with Gasteiger partial charge in [-0.15, -0.1) is 0 Å². The molecule has 1 atom stereocenters. The van der Waals surface area contributed by atoms with Crippen LogP contribution in [-0.4, -0.2) is 31.8 Å². The van der Waals surface area contributed by atoms with Crippen LogP contribution < -0.4 is 14.8 Å². The lowest BCUT2D eigenvalue weighted by atomic mass is 10.3. The van der Waals surface area contributed by atoms with Gasteiger partial charge in [0.15, 0.2) is 0 Å². The summed E-state index contributed by atoms with van der Waals surface area (Å²) >= 11 is 0. The highest BCUT2D eigenvalue weighted by Gasteiger charge is 2.18. The van der Waals surface area contributed by atoms with Gasteiger partial charge < -0.3 is 19.5 Å². The van der Waals surface area contributed by atoms with Crippen LogP contribution in [0.2, 0.25) is 0 Å². The van der Waals surface area contributed by atoms with Gasteiger partial charge in [-0.2, -0.15) is 0 Å². The fourth-order valence-electron chi connectivity index (χ4n) is 1.26. The van der Waals surface area contributed by atoms with Crippen molar-refractivity contribution in [2.24, 2.45) is 0 Å². The molecule has 0 radical (unpaired) electrons. The topological polar surface area (TPSA) is 73.9 Å². The molecule has 0 spiro atoms. The van der Waals surface area contributed by atoms with E-state index >= 15 is 0 Å². The summed E-state index contributed by atoms with van der Waals surface area (Å²) in [6.07, 6.45) is -0.651. The van der Waals surface area contributed by atoms with Crippen LogP contribution >= 0.6 is 0 Å². The number of methoxy groups -OCH3 is 1. The van der Waals surface area contributed by atoms with Crippen molar-refractivity contribution in [3.63, 3.8) is 0 Å². The number of ether oxygens (including phenoxy) is 3. The van der Waals surface area contributed by atoms with Crippen molar-refractivity contribution in [1.29, 1.82) is 0 Å². The van der Waals surface area contributed by atoms with Crippen LogP contribution in [0.1, 0.15) is 13.8 Å². The zero-order chi connectivity index (χ0) is 14.3. The normalized spacial score (nSPS) is 11.3. The van der Waals surface area contributed by atoms with E-state index in [0.717, 1.165) is 0 Å². The molecule has 6 heteroatoms. The average Bonchev–Trinajstić information content (AvgIpc) is 2.39. The SMILES string of the molecule is CCOC(=O)N[C@@H](C)C(=O)Oc1ccc(OC)cc1. The summed E-state index contributed by atoms with van der Waals surface area (Å²) in [5.41, 5.74) is 0. The van der Waals surface area contributed by atoms with E-state index in [4.69, 9.17) is 9.47 Å². The van der Waals surface area contributed by atoms with E-state index in [1.165, 1.54) is 6.92 Å². The Morgan fingerprint density at radius 3 is 2.32 bits per heavy atom. The maximum atomic E-state index is 11.7. The highest BCUT2D eigenvalue weighted by molar-refractivity contribution is 5.82. The molecule has 0 fully saturated rings. The quantitative estimate of drug-likeness (QED) is 0.649. The smallest absolute Gasteiger partial charge is 0.407 e. The minimum Gasteiger partial charge on any atom is -0.497 e. The van der Waals surface area contributed by atoms with Gasteiger partial charge in [-0.3, -0.25) is 0 Å². The van der Waals surface area contributed by atoms with Gasteiger partial charge >= 0.3 is 12.1 Å². The van der Waals surface area contributed by atoms with Gasteiger partial charge in [0.05, 0.1) is 13.7 Å². The summed E-state index contributed by atoms with van der Waals surface area (Å²) in [4.78, 5) is 22.8. The summed E-state index contributed by atoms with van der Waals surface area (Å²) in [7, 11) is 1.55. The lowest BCUT2D eigenvalue weighted by Crippen LogP contribution is -2.41. The van der Waals surface area contributed by atoms with Crippen molar-refractivity contribution in [3.05, 3.63) is 24.3 Å². The Balaban J connectivity index is 2.51. The molecular weight excluding hydrogens is 250 g/mol. The number of hydrogen-bond acceptors (Lipinski definition) is 5. The molecule has 1 aromatic rings. The molecule has 0 bridgehead atoms. The van der Waals surface area contributed by atoms with Crippen LogP contribution in [0.25, 0.3) is 0 Å². The predicted molar refractivity (Wildman–Crippen MR) is 68.2 cm³/mol. The highest BCUT2D eigenvalue weighted by atomic mass is 16.6. The van der Waals surface area contributed by atoms with Crippen LogP contribution in [-0.2, 0) is 9.53 Å². The van der Waals surface area contributed by atoms with E-state index in [9.17, 15) is 9.59 Å². The van der Waals surface area contributed by atoms with Crippen molar-refractivity contribution in [3.8, 4) is 11.5 Å². The van der Waals surface area contributed by atoms with E-state index in [1.54, 1.807) is 38.3 Å². The molecule has 0 saturated heterocycles. The number of esters is 1. The molecule has 19 heavy (non-hydrogen) atoms. The zero-order valence-electron chi connectivity index (χ0n) is 11.1. The maximum absolute atomic E-state index is 11.7. The summed E-state index contributed by atoms with van der Waals surface area (Å²) in [6, 6.07) is 5.76. The third-order valence-corrected chi connectivity index (χ3v) is 2.24. The van der Waals surface area contributed by atoms with Gasteiger partial charge in [0.1, 0.15) is 17.5 Å². The molecule has 0 aliphatic carbocycles. The zero-order valence-corrected chi connectivity index (χ0v) is 11.1. The van der Waals surface area contributed by atoms with Crippen molar-refractivity contribution in [1.82, 2.24) is 5.32 Å². The fourth-order valence-corrected chi connectivity index (χ4v) is 1.26. The number of rotatable bonds is 5. The Morgan fingerprint density at radius 1 is 1.21 bits per heavy atom. The predicted octanol–water partition coefficient (Wildman–Crippen LogP) is 1.74. The summed E-state index contributed by atoms with van der Waals surface area (Å²) in [5, 5.41) is 2.36. The maximum Gasteiger partial charge on any atom is 0.407 e. The molecule has 0 aliphatic heterocycles. The van der Waals surface area contributed by atoms with E-state index in [1.807, 2.05) is 0 Å². The first kappa shape index (κ1) is 14.8. The van der Waals surface area contributed by atoms with Gasteiger partial charge in [0.25, 0.3) is 0 Å². The third kappa shape index (κ3) is 4.87. The van der Waals surface area contributed by atoms with Crippen molar-refractivity contribution >= 4 is 12.1 Å². The van der Waals surface area contributed by atoms with Crippen LogP contribution in [0.15, 0.2) is 24.3 Å². The Hall–Kier alpha value is -2.24. The van der Waals surface area contributed by atoms with E-state index in [0.29, 0.717) is 11.5 Å². The Labute approximate surface area is 111 Å². The van der Waals surface area contributed by atoms with Gasteiger partial charge in [-0.1, -0.05) is 0 Å². The van der Waals surface area contributed by atoms with E-state index in [2.05, 4.69) is 10.1 Å². The molecular formula is C13H17NO5. The highest BCUT2D eigenvalue weighted by Crippen LogP contribution is 2.17. The van der Waals surface area contributed by atoms with Gasteiger partial charge in [0, 0.05) is 0 Å². The Morgan fingerprint density at radius 2 is 1.79 bits per heavy atom. The standard InChI is InChI=1S/C13H17NO5/c1-4-18-13(16)14-9(2)12(15)19-11-7-5-10(17-3)6-8-11/h5-9H,4H2,1-3H3,(H,14,16)/t9-/m0/s1. The molecule has 6 nitrogen and oxygen atoms in total. The van der Waals surface area contributed by atoms with Crippen LogP contribution in [0.4, 0.5) is 4.79 Å². The average molecular weight is 267 g/mol. The lowest BCUT2D eigenvalue weighted by molar-refractivity contribution is -0.136. The molecule has 1 rings (SSSR count). The van der Waals surface area contributed by atoms with Crippen molar-refractivity contribution in [2.45, 2.75) is 19.9 Å². The van der Waals surface area contributed by atoms with Gasteiger partial charge in [-0.05, 0) is 38.1 Å². The molecule has 0 aromatic heterocycles. The Kier molecular flexibility index (Phi) is 5.66. The number of amides is 1. The molecule has 104 valence electrons. The second kappa shape index (κ2) is 7.25. The first-order valence-electron chi connectivity index (χ1n) is 5.85. The molecule has 1 N–H and O–H groups in total.